The van der Waals surface area contributed by atoms with Gasteiger partial charge in [0.05, 0.1) is 12.2 Å². The maximum Gasteiger partial charge on any atom is 0.255 e. The Morgan fingerprint density at radius 2 is 2.00 bits per heavy atom. The van der Waals surface area contributed by atoms with Crippen molar-refractivity contribution in [1.82, 2.24) is 14.8 Å². The van der Waals surface area contributed by atoms with Crippen molar-refractivity contribution in [3.8, 4) is 0 Å². The zero-order valence-corrected chi connectivity index (χ0v) is 14.1. The van der Waals surface area contributed by atoms with Crippen LogP contribution in [0.5, 0.6) is 0 Å². The maximum atomic E-state index is 12.7. The maximum absolute atomic E-state index is 12.7. The van der Waals surface area contributed by atoms with Crippen LogP contribution in [-0.2, 0) is 17.6 Å². The number of piperazine rings is 1. The molecule has 0 bridgehead atoms. The Morgan fingerprint density at radius 3 is 2.78 bits per heavy atom. The highest BCUT2D eigenvalue weighted by molar-refractivity contribution is 5.94. The molecule has 3 rings (SSSR count). The van der Waals surface area contributed by atoms with Crippen molar-refractivity contribution in [2.45, 2.75) is 32.6 Å². The first-order valence-corrected chi connectivity index (χ1v) is 8.85. The molecule has 126 valence electrons. The van der Waals surface area contributed by atoms with Gasteiger partial charge < -0.3 is 9.64 Å². The van der Waals surface area contributed by atoms with Crippen molar-refractivity contribution in [1.29, 1.82) is 0 Å². The topological polar surface area (TPSA) is 45.7 Å². The Morgan fingerprint density at radius 1 is 1.22 bits per heavy atom. The predicted molar refractivity (Wildman–Crippen MR) is 89.7 cm³/mol. The van der Waals surface area contributed by atoms with Gasteiger partial charge in [0.1, 0.15) is 0 Å². The van der Waals surface area contributed by atoms with E-state index in [9.17, 15) is 4.79 Å². The number of aryl methyl sites for hydroxylation is 2. The van der Waals surface area contributed by atoms with Crippen molar-refractivity contribution >= 4 is 5.91 Å². The number of rotatable bonds is 5. The van der Waals surface area contributed by atoms with Crippen LogP contribution < -0.4 is 0 Å². The SMILES string of the molecule is CCOCCN1CCN(C(=O)c2cnc3c(c2)CCCC3)CC1. The molecule has 0 radical (unpaired) electrons. The minimum atomic E-state index is 0.135. The first-order valence-electron chi connectivity index (χ1n) is 8.85. The van der Waals surface area contributed by atoms with Crippen LogP contribution in [0.3, 0.4) is 0 Å². The number of amides is 1. The van der Waals surface area contributed by atoms with Gasteiger partial charge in [0.25, 0.3) is 5.91 Å². The number of pyridine rings is 1. The van der Waals surface area contributed by atoms with Crippen molar-refractivity contribution in [3.63, 3.8) is 0 Å². The van der Waals surface area contributed by atoms with Crippen molar-refractivity contribution < 1.29 is 9.53 Å². The molecule has 1 fully saturated rings. The zero-order valence-electron chi connectivity index (χ0n) is 14.1. The lowest BCUT2D eigenvalue weighted by Crippen LogP contribution is -2.49. The molecular formula is C18H27N3O2. The molecule has 0 saturated carbocycles. The molecule has 5 nitrogen and oxygen atoms in total. The summed E-state index contributed by atoms with van der Waals surface area (Å²) in [4.78, 5) is 21.5. The van der Waals surface area contributed by atoms with Crippen molar-refractivity contribution in [3.05, 3.63) is 29.1 Å². The van der Waals surface area contributed by atoms with Gasteiger partial charge in [-0.05, 0) is 44.2 Å². The van der Waals surface area contributed by atoms with Gasteiger partial charge in [-0.15, -0.1) is 0 Å². The van der Waals surface area contributed by atoms with E-state index in [1.54, 1.807) is 6.20 Å². The van der Waals surface area contributed by atoms with E-state index in [0.717, 1.165) is 64.3 Å². The molecule has 0 spiro atoms. The summed E-state index contributed by atoms with van der Waals surface area (Å²) < 4.78 is 5.40. The van der Waals surface area contributed by atoms with Crippen LogP contribution in [0, 0.1) is 0 Å². The lowest BCUT2D eigenvalue weighted by atomic mass is 9.95. The summed E-state index contributed by atoms with van der Waals surface area (Å²) in [7, 11) is 0. The quantitative estimate of drug-likeness (QED) is 0.776. The third-order valence-corrected chi connectivity index (χ3v) is 4.83. The number of ether oxygens (including phenoxy) is 1. The molecule has 1 aliphatic carbocycles. The summed E-state index contributed by atoms with van der Waals surface area (Å²) in [5.74, 6) is 0.135. The molecule has 0 N–H and O–H groups in total. The number of hydrogen-bond acceptors (Lipinski definition) is 4. The summed E-state index contributed by atoms with van der Waals surface area (Å²) in [5.41, 5.74) is 3.22. The molecule has 1 aromatic rings. The molecule has 0 atom stereocenters. The minimum Gasteiger partial charge on any atom is -0.380 e. The molecule has 1 saturated heterocycles. The molecule has 1 aromatic heterocycles. The minimum absolute atomic E-state index is 0.135. The molecule has 23 heavy (non-hydrogen) atoms. The Labute approximate surface area is 138 Å². The second-order valence-electron chi connectivity index (χ2n) is 6.37. The number of nitrogens with zero attached hydrogens (tertiary/aromatic N) is 3. The molecular weight excluding hydrogens is 290 g/mol. The fourth-order valence-corrected chi connectivity index (χ4v) is 3.40. The number of carbonyl (C=O) groups is 1. The Bertz CT molecular complexity index is 539. The molecule has 0 unspecified atom stereocenters. The van der Waals surface area contributed by atoms with Crippen LogP contribution in [0.15, 0.2) is 12.3 Å². The van der Waals surface area contributed by atoms with Gasteiger partial charge in [-0.25, -0.2) is 0 Å². The molecule has 5 heteroatoms. The summed E-state index contributed by atoms with van der Waals surface area (Å²) in [5, 5.41) is 0. The fourth-order valence-electron chi connectivity index (χ4n) is 3.40. The Kier molecular flexibility index (Phi) is 5.62. The average Bonchev–Trinajstić information content (AvgIpc) is 2.61. The highest BCUT2D eigenvalue weighted by atomic mass is 16.5. The summed E-state index contributed by atoms with van der Waals surface area (Å²) in [6, 6.07) is 2.07. The summed E-state index contributed by atoms with van der Waals surface area (Å²) in [6.45, 7) is 7.96. The van der Waals surface area contributed by atoms with E-state index in [1.165, 1.54) is 24.1 Å². The Hall–Kier alpha value is -1.46. The fraction of sp³-hybridized carbons (Fsp3) is 0.667. The predicted octanol–water partition coefficient (Wildman–Crippen LogP) is 1.75. The van der Waals surface area contributed by atoms with E-state index in [1.807, 2.05) is 11.8 Å². The van der Waals surface area contributed by atoms with Crippen LogP contribution in [-0.4, -0.2) is 66.6 Å². The van der Waals surface area contributed by atoms with Crippen LogP contribution in [0.2, 0.25) is 0 Å². The zero-order chi connectivity index (χ0) is 16.1. The average molecular weight is 317 g/mol. The molecule has 0 aromatic carbocycles. The van der Waals surface area contributed by atoms with Crippen molar-refractivity contribution in [2.24, 2.45) is 0 Å². The smallest absolute Gasteiger partial charge is 0.255 e. The van der Waals surface area contributed by atoms with Crippen LogP contribution >= 0.6 is 0 Å². The van der Waals surface area contributed by atoms with Gasteiger partial charge in [0, 0.05) is 51.2 Å². The van der Waals surface area contributed by atoms with E-state index in [0.29, 0.717) is 0 Å². The third-order valence-electron chi connectivity index (χ3n) is 4.83. The van der Waals surface area contributed by atoms with Gasteiger partial charge in [0.2, 0.25) is 0 Å². The molecule has 2 aliphatic rings. The number of fused-ring (bicyclic) bond motifs is 1. The van der Waals surface area contributed by atoms with E-state index in [-0.39, 0.29) is 5.91 Å². The van der Waals surface area contributed by atoms with E-state index >= 15 is 0 Å². The summed E-state index contributed by atoms with van der Waals surface area (Å²) >= 11 is 0. The first kappa shape index (κ1) is 16.4. The van der Waals surface area contributed by atoms with Crippen LogP contribution in [0.1, 0.15) is 41.4 Å². The standard InChI is InChI=1S/C18H27N3O2/c1-2-23-12-11-20-7-9-21(10-8-20)18(22)16-13-15-5-3-4-6-17(15)19-14-16/h13-14H,2-12H2,1H3. The second kappa shape index (κ2) is 7.88. The Balaban J connectivity index is 1.55. The van der Waals surface area contributed by atoms with E-state index in [4.69, 9.17) is 4.74 Å². The van der Waals surface area contributed by atoms with E-state index < -0.39 is 0 Å². The normalized spacial score (nSPS) is 18.7. The highest BCUT2D eigenvalue weighted by Gasteiger charge is 2.23. The molecule has 1 amide bonds. The summed E-state index contributed by atoms with van der Waals surface area (Å²) in [6.07, 6.45) is 6.33. The second-order valence-corrected chi connectivity index (χ2v) is 6.37. The van der Waals surface area contributed by atoms with E-state index in [2.05, 4.69) is 16.0 Å². The van der Waals surface area contributed by atoms with Gasteiger partial charge in [0.15, 0.2) is 0 Å². The highest BCUT2D eigenvalue weighted by Crippen LogP contribution is 2.21. The number of carbonyl (C=O) groups excluding carboxylic acids is 1. The number of aromatic nitrogens is 1. The van der Waals surface area contributed by atoms with Crippen molar-refractivity contribution in [2.75, 3.05) is 45.9 Å². The van der Waals surface area contributed by atoms with Crippen LogP contribution in [0.25, 0.3) is 0 Å². The van der Waals surface area contributed by atoms with Gasteiger partial charge in [-0.3, -0.25) is 14.7 Å². The van der Waals surface area contributed by atoms with Gasteiger partial charge in [-0.2, -0.15) is 0 Å². The lowest BCUT2D eigenvalue weighted by Gasteiger charge is -2.34. The number of hydrogen-bond donors (Lipinski definition) is 0. The van der Waals surface area contributed by atoms with Crippen LogP contribution in [0.4, 0.5) is 0 Å². The van der Waals surface area contributed by atoms with Gasteiger partial charge in [-0.1, -0.05) is 0 Å². The molecule has 2 heterocycles. The molecule has 1 aliphatic heterocycles. The monoisotopic (exact) mass is 317 g/mol. The largest absolute Gasteiger partial charge is 0.380 e. The third kappa shape index (κ3) is 4.09. The van der Waals surface area contributed by atoms with Gasteiger partial charge >= 0.3 is 0 Å². The first-order chi connectivity index (χ1) is 11.3. The lowest BCUT2D eigenvalue weighted by molar-refractivity contribution is 0.0564.